The van der Waals surface area contributed by atoms with Gasteiger partial charge in [-0.3, -0.25) is 4.98 Å². The van der Waals surface area contributed by atoms with Gasteiger partial charge in [0.2, 0.25) is 0 Å². The second-order valence-corrected chi connectivity index (χ2v) is 5.09. The summed E-state index contributed by atoms with van der Waals surface area (Å²) in [6, 6.07) is 4.65. The molecule has 0 aliphatic heterocycles. The smallest absolute Gasteiger partial charge is 0.137 e. The summed E-state index contributed by atoms with van der Waals surface area (Å²) in [5, 5.41) is 9.98. The number of aromatic nitrogens is 1. The maximum absolute atomic E-state index is 13.3. The van der Waals surface area contributed by atoms with E-state index in [1.807, 2.05) is 0 Å². The molecular weight excluding hydrogens is 293 g/mol. The molecule has 2 rings (SSSR count). The van der Waals surface area contributed by atoms with E-state index >= 15 is 0 Å². The van der Waals surface area contributed by atoms with Gasteiger partial charge < -0.3 is 5.11 Å². The Balaban J connectivity index is 2.21. The number of rotatable bonds is 3. The molecule has 0 fully saturated rings. The van der Waals surface area contributed by atoms with Crippen molar-refractivity contribution < 1.29 is 9.50 Å². The molecule has 0 radical (unpaired) electrons. The number of hydrogen-bond donors (Lipinski definition) is 1. The summed E-state index contributed by atoms with van der Waals surface area (Å²) in [7, 11) is 0. The quantitative estimate of drug-likeness (QED) is 0.943. The monoisotopic (exact) mass is 301 g/mol. The first-order chi connectivity index (χ1) is 7.68. The Hall–Kier alpha value is -0.780. The van der Waals surface area contributed by atoms with Crippen molar-refractivity contribution in [2.75, 3.05) is 0 Å². The lowest BCUT2D eigenvalue weighted by Crippen LogP contribution is -2.02. The molecule has 1 unspecified atom stereocenters. The third-order valence-electron chi connectivity index (χ3n) is 2.22. The zero-order chi connectivity index (χ0) is 11.5. The molecule has 0 saturated carbocycles. The number of nitrogens with zero attached hydrogens (tertiary/aromatic N) is 1. The Morgan fingerprint density at radius 3 is 3.00 bits per heavy atom. The van der Waals surface area contributed by atoms with Gasteiger partial charge in [0.15, 0.2) is 0 Å². The van der Waals surface area contributed by atoms with Crippen molar-refractivity contribution in [3.05, 3.63) is 50.6 Å². The molecule has 0 aliphatic carbocycles. The molecule has 1 heterocycles. The van der Waals surface area contributed by atoms with Gasteiger partial charge in [-0.15, -0.1) is 11.3 Å². The SMILES string of the molecule is OC(Cc1cncs1)c1cccc(F)c1Br. The first kappa shape index (κ1) is 11.7. The van der Waals surface area contributed by atoms with Crippen LogP contribution in [0.2, 0.25) is 0 Å². The standard InChI is InChI=1S/C11H9BrFNOS/c12-11-8(2-1-3-9(11)13)10(15)4-7-5-14-6-16-7/h1-3,5-6,10,15H,4H2. The average Bonchev–Trinajstić information content (AvgIpc) is 2.74. The molecule has 0 aliphatic rings. The Morgan fingerprint density at radius 2 is 2.31 bits per heavy atom. The third kappa shape index (κ3) is 2.48. The summed E-state index contributed by atoms with van der Waals surface area (Å²) in [5.74, 6) is -0.360. The highest BCUT2D eigenvalue weighted by Gasteiger charge is 2.14. The van der Waals surface area contributed by atoms with Gasteiger partial charge in [-0.05, 0) is 27.6 Å². The Morgan fingerprint density at radius 1 is 1.50 bits per heavy atom. The van der Waals surface area contributed by atoms with E-state index < -0.39 is 6.10 Å². The van der Waals surface area contributed by atoms with E-state index in [1.165, 1.54) is 17.4 Å². The number of hydrogen-bond acceptors (Lipinski definition) is 3. The first-order valence-corrected chi connectivity index (χ1v) is 6.35. The number of aliphatic hydroxyl groups is 1. The van der Waals surface area contributed by atoms with Gasteiger partial charge in [-0.1, -0.05) is 12.1 Å². The van der Waals surface area contributed by atoms with Crippen LogP contribution in [0.4, 0.5) is 4.39 Å². The van der Waals surface area contributed by atoms with Crippen molar-refractivity contribution in [1.29, 1.82) is 0 Å². The fraction of sp³-hybridized carbons (Fsp3) is 0.182. The highest BCUT2D eigenvalue weighted by molar-refractivity contribution is 9.10. The molecule has 84 valence electrons. The molecule has 1 atom stereocenters. The van der Waals surface area contributed by atoms with Crippen LogP contribution in [0.1, 0.15) is 16.5 Å². The van der Waals surface area contributed by atoms with E-state index in [0.29, 0.717) is 16.5 Å². The van der Waals surface area contributed by atoms with Gasteiger partial charge in [-0.25, -0.2) is 4.39 Å². The maximum atomic E-state index is 13.3. The highest BCUT2D eigenvalue weighted by atomic mass is 79.9. The van der Waals surface area contributed by atoms with Crippen LogP contribution in [0.25, 0.3) is 0 Å². The molecule has 0 bridgehead atoms. The Labute approximate surface area is 105 Å². The van der Waals surface area contributed by atoms with Crippen molar-refractivity contribution in [2.45, 2.75) is 12.5 Å². The highest BCUT2D eigenvalue weighted by Crippen LogP contribution is 2.28. The van der Waals surface area contributed by atoms with Crippen molar-refractivity contribution in [3.8, 4) is 0 Å². The van der Waals surface area contributed by atoms with Crippen LogP contribution in [-0.4, -0.2) is 10.1 Å². The summed E-state index contributed by atoms with van der Waals surface area (Å²) in [6.07, 6.45) is 1.44. The fourth-order valence-electron chi connectivity index (χ4n) is 1.42. The van der Waals surface area contributed by atoms with E-state index in [4.69, 9.17) is 0 Å². The fourth-order valence-corrected chi connectivity index (χ4v) is 2.58. The second kappa shape index (κ2) is 5.03. The molecule has 2 nitrogen and oxygen atoms in total. The number of benzene rings is 1. The lowest BCUT2D eigenvalue weighted by Gasteiger charge is -2.11. The third-order valence-corrected chi connectivity index (χ3v) is 3.86. The van der Waals surface area contributed by atoms with Crippen LogP contribution in [0.5, 0.6) is 0 Å². The van der Waals surface area contributed by atoms with Crippen molar-refractivity contribution in [3.63, 3.8) is 0 Å². The maximum Gasteiger partial charge on any atom is 0.137 e. The van der Waals surface area contributed by atoms with E-state index in [2.05, 4.69) is 20.9 Å². The van der Waals surface area contributed by atoms with Crippen LogP contribution in [-0.2, 0) is 6.42 Å². The molecular formula is C11H9BrFNOS. The predicted molar refractivity (Wildman–Crippen MR) is 64.9 cm³/mol. The molecule has 1 N–H and O–H groups in total. The summed E-state index contributed by atoms with van der Waals surface area (Å²) in [4.78, 5) is 4.91. The Kier molecular flexibility index (Phi) is 3.68. The van der Waals surface area contributed by atoms with Crippen LogP contribution in [0, 0.1) is 5.82 Å². The molecule has 5 heteroatoms. The minimum atomic E-state index is -0.717. The minimum absolute atomic E-state index is 0.326. The molecule has 16 heavy (non-hydrogen) atoms. The topological polar surface area (TPSA) is 33.1 Å². The molecule has 0 spiro atoms. The van der Waals surface area contributed by atoms with Gasteiger partial charge in [0.1, 0.15) is 5.82 Å². The van der Waals surface area contributed by atoms with Crippen molar-refractivity contribution >= 4 is 27.3 Å². The molecule has 0 amide bonds. The summed E-state index contributed by atoms with van der Waals surface area (Å²) in [6.45, 7) is 0. The van der Waals surface area contributed by atoms with E-state index in [-0.39, 0.29) is 5.82 Å². The van der Waals surface area contributed by atoms with E-state index in [0.717, 1.165) is 4.88 Å². The summed E-state index contributed by atoms with van der Waals surface area (Å²) < 4.78 is 13.6. The lowest BCUT2D eigenvalue weighted by molar-refractivity contribution is 0.178. The normalized spacial score (nSPS) is 12.7. The largest absolute Gasteiger partial charge is 0.388 e. The molecule has 1 aromatic carbocycles. The second-order valence-electron chi connectivity index (χ2n) is 3.33. The van der Waals surface area contributed by atoms with Crippen LogP contribution in [0.3, 0.4) is 0 Å². The van der Waals surface area contributed by atoms with Crippen molar-refractivity contribution in [1.82, 2.24) is 4.98 Å². The zero-order valence-corrected chi connectivity index (χ0v) is 10.6. The zero-order valence-electron chi connectivity index (χ0n) is 8.23. The lowest BCUT2D eigenvalue weighted by atomic mass is 10.1. The van der Waals surface area contributed by atoms with E-state index in [9.17, 15) is 9.50 Å². The summed E-state index contributed by atoms with van der Waals surface area (Å²) >= 11 is 4.61. The number of thiazole rings is 1. The van der Waals surface area contributed by atoms with Gasteiger partial charge in [0.05, 0.1) is 16.1 Å². The number of halogens is 2. The van der Waals surface area contributed by atoms with Crippen molar-refractivity contribution in [2.24, 2.45) is 0 Å². The average molecular weight is 302 g/mol. The van der Waals surface area contributed by atoms with Crippen LogP contribution >= 0.6 is 27.3 Å². The predicted octanol–water partition coefficient (Wildman–Crippen LogP) is 3.32. The minimum Gasteiger partial charge on any atom is -0.388 e. The van der Waals surface area contributed by atoms with Gasteiger partial charge >= 0.3 is 0 Å². The first-order valence-electron chi connectivity index (χ1n) is 4.68. The van der Waals surface area contributed by atoms with Crippen LogP contribution < -0.4 is 0 Å². The van der Waals surface area contributed by atoms with Gasteiger partial charge in [0, 0.05) is 17.5 Å². The molecule has 0 saturated heterocycles. The van der Waals surface area contributed by atoms with Crippen LogP contribution in [0.15, 0.2) is 34.4 Å². The Bertz CT molecular complexity index is 475. The molecule has 2 aromatic rings. The number of aliphatic hydroxyl groups excluding tert-OH is 1. The molecule has 1 aromatic heterocycles. The summed E-state index contributed by atoms with van der Waals surface area (Å²) in [5.41, 5.74) is 2.27. The van der Waals surface area contributed by atoms with Gasteiger partial charge in [0.25, 0.3) is 0 Å². The van der Waals surface area contributed by atoms with E-state index in [1.54, 1.807) is 23.8 Å². The van der Waals surface area contributed by atoms with Gasteiger partial charge in [-0.2, -0.15) is 0 Å².